The number of nitrogens with zero attached hydrogens (tertiary/aromatic N) is 6. The summed E-state index contributed by atoms with van der Waals surface area (Å²) >= 11 is 0. The van der Waals surface area contributed by atoms with Crippen LogP contribution in [0.2, 0.25) is 0 Å². The molecule has 0 N–H and O–H groups in total. The van der Waals surface area contributed by atoms with Crippen LogP contribution in [0.4, 0.5) is 17.1 Å². The molecule has 0 aliphatic carbocycles. The van der Waals surface area contributed by atoms with Gasteiger partial charge in [0.1, 0.15) is 69.0 Å². The first-order valence-corrected chi connectivity index (χ1v) is 43.7. The second kappa shape index (κ2) is 35.7. The fourth-order valence-corrected chi connectivity index (χ4v) is 17.0. The van der Waals surface area contributed by atoms with Gasteiger partial charge in [-0.1, -0.05) is 127 Å². The zero-order chi connectivity index (χ0) is 95.6. The molecule has 12 amide bonds. The van der Waals surface area contributed by atoms with Crippen molar-refractivity contribution >= 4 is 87.9 Å². The van der Waals surface area contributed by atoms with Gasteiger partial charge in [-0.25, -0.2) is 14.7 Å². The number of fused-ring (bicyclic) bond motifs is 6. The number of hydrogen-bond acceptors (Lipinski definition) is 18. The Morgan fingerprint density at radius 3 is 0.645 bits per heavy atom. The fraction of sp³-hybridized carbons (Fsp3) is 0.0526. The van der Waals surface area contributed by atoms with Gasteiger partial charge in [-0.2, -0.15) is 0 Å². The lowest BCUT2D eigenvalue weighted by Crippen LogP contribution is -2.29. The Labute approximate surface area is 789 Å². The molecule has 0 saturated carbocycles. The van der Waals surface area contributed by atoms with Crippen LogP contribution in [0, 0.1) is 20.8 Å². The van der Waals surface area contributed by atoms with Gasteiger partial charge in [0.05, 0.1) is 83.8 Å². The molecule has 16 aromatic rings. The lowest BCUT2D eigenvalue weighted by atomic mass is 9.97. The maximum atomic E-state index is 13.6. The molecule has 0 spiro atoms. The molecule has 0 unspecified atom stereocenters. The normalized spacial score (nSPS) is 13.7. The van der Waals surface area contributed by atoms with Gasteiger partial charge in [0, 0.05) is 45.4 Å². The molecular formula is C114H76N6O18. The summed E-state index contributed by atoms with van der Waals surface area (Å²) in [5.74, 6) is 2.45. The van der Waals surface area contributed by atoms with Crippen molar-refractivity contribution in [1.29, 1.82) is 0 Å². The second-order valence-corrected chi connectivity index (χ2v) is 33.5. The van der Waals surface area contributed by atoms with Crippen molar-refractivity contribution in [3.05, 3.63) is 435 Å². The zero-order valence-electron chi connectivity index (χ0n) is 74.5. The number of amides is 12. The highest BCUT2D eigenvalue weighted by atomic mass is 16.5. The van der Waals surface area contributed by atoms with Gasteiger partial charge in [-0.05, 0) is 283 Å². The van der Waals surface area contributed by atoms with Crippen LogP contribution in [0.5, 0.6) is 69.0 Å². The topological polar surface area (TPSA) is 280 Å². The van der Waals surface area contributed by atoms with E-state index < -0.39 is 35.4 Å². The zero-order valence-corrected chi connectivity index (χ0v) is 74.5. The highest BCUT2D eigenvalue weighted by Gasteiger charge is 2.42. The predicted molar refractivity (Wildman–Crippen MR) is 516 cm³/mol. The van der Waals surface area contributed by atoms with Crippen molar-refractivity contribution in [2.45, 2.75) is 20.8 Å². The number of rotatable bonds is 19. The minimum atomic E-state index is -0.468. The molecule has 0 bridgehead atoms. The number of benzene rings is 16. The van der Waals surface area contributed by atoms with Crippen LogP contribution in [-0.4, -0.2) is 107 Å². The van der Waals surface area contributed by atoms with Crippen molar-refractivity contribution in [3.8, 4) is 114 Å². The smallest absolute Gasteiger partial charge is 0.266 e. The van der Waals surface area contributed by atoms with Crippen molar-refractivity contribution in [2.24, 2.45) is 0 Å². The predicted octanol–water partition coefficient (Wildman–Crippen LogP) is 23.5. The summed E-state index contributed by atoms with van der Waals surface area (Å²) in [7, 11) is 4.33. The number of carbonyl (C=O) groups excluding carboxylic acids is 12. The summed E-state index contributed by atoms with van der Waals surface area (Å²) in [4.78, 5) is 162. The van der Waals surface area contributed by atoms with Crippen molar-refractivity contribution in [1.82, 2.24) is 14.7 Å². The number of anilines is 3. The minimum absolute atomic E-state index is 0.250. The van der Waals surface area contributed by atoms with E-state index in [1.807, 2.05) is 172 Å². The molecule has 0 saturated heterocycles. The van der Waals surface area contributed by atoms with Gasteiger partial charge in [-0.3, -0.25) is 72.2 Å². The van der Waals surface area contributed by atoms with Gasteiger partial charge in [0.25, 0.3) is 70.9 Å². The Hall–Kier alpha value is -18.8. The molecule has 0 aromatic heterocycles. The van der Waals surface area contributed by atoms with Gasteiger partial charge < -0.3 is 28.4 Å². The molecule has 6 aliphatic heterocycles. The molecule has 22 rings (SSSR count). The van der Waals surface area contributed by atoms with Gasteiger partial charge in [0.2, 0.25) is 0 Å². The first kappa shape index (κ1) is 87.2. The van der Waals surface area contributed by atoms with Crippen LogP contribution >= 0.6 is 0 Å². The molecule has 6 heterocycles. The monoisotopic (exact) mass is 1820 g/mol. The average Bonchev–Trinajstić information content (AvgIpc) is 1.60. The second-order valence-electron chi connectivity index (χ2n) is 33.5. The molecule has 24 nitrogen and oxygen atoms in total. The molecule has 24 heteroatoms. The summed E-state index contributed by atoms with van der Waals surface area (Å²) < 4.78 is 36.1. The van der Waals surface area contributed by atoms with Gasteiger partial charge in [0.15, 0.2) is 0 Å². The Morgan fingerprint density at radius 1 is 0.152 bits per heavy atom. The third kappa shape index (κ3) is 16.8. The standard InChI is InChI=1S/C42H28N2O6.2C36H24N2O6/c1-25-5-3-7-33(21-25)49-31-15-9-26(10-16-31)27-11-17-32(18-12-27)50-34-8-4-6-30(24-34)44-41(47)36-20-14-29(23-38(36)42(44)48)28-13-19-35-37(22-28)40(46)43(2)39(35)45;1-21-6-3-8-25(16-21)43-27-10-5-11-28(20-27)44-26-9-4-7-24(19-26)38-35(41)30-15-13-23(18-32(30)36(38)42)22-12-14-29-31(17-22)34(40)37(2)33(29)39;1-21-6-12-25(13-7-21)43-27-4-3-5-28(20-27)44-26-14-10-24(11-15-26)38-35(41)30-17-9-23(19-32(30)36(38)42)22-8-16-29-31(18-22)34(40)37(2)33(29)39/h3-24H,1-2H3;2*3-20H,1-2H3. The van der Waals surface area contributed by atoms with Crippen molar-refractivity contribution in [3.63, 3.8) is 0 Å². The van der Waals surface area contributed by atoms with Crippen LogP contribution in [0.15, 0.2) is 352 Å². The van der Waals surface area contributed by atoms with E-state index >= 15 is 0 Å². The molecule has 0 atom stereocenters. The van der Waals surface area contributed by atoms with Crippen molar-refractivity contribution < 1.29 is 86.0 Å². The summed E-state index contributed by atoms with van der Waals surface area (Å²) in [5.41, 5.74) is 14.0. The third-order valence-corrected chi connectivity index (χ3v) is 24.2. The summed E-state index contributed by atoms with van der Waals surface area (Å²) in [6, 6.07) is 104. The largest absolute Gasteiger partial charge is 0.457 e. The van der Waals surface area contributed by atoms with Crippen LogP contribution in [0.25, 0.3) is 44.5 Å². The maximum absolute atomic E-state index is 13.6. The van der Waals surface area contributed by atoms with Crippen molar-refractivity contribution in [2.75, 3.05) is 35.8 Å². The first-order valence-electron chi connectivity index (χ1n) is 43.7. The van der Waals surface area contributed by atoms with E-state index in [1.165, 1.54) is 21.1 Å². The number of ether oxygens (including phenoxy) is 6. The van der Waals surface area contributed by atoms with Crippen LogP contribution in [0.3, 0.4) is 0 Å². The van der Waals surface area contributed by atoms with E-state index in [2.05, 4.69) is 0 Å². The van der Waals surface area contributed by atoms with E-state index in [4.69, 9.17) is 28.4 Å². The first-order chi connectivity index (χ1) is 66.8. The summed E-state index contributed by atoms with van der Waals surface area (Å²) in [6.07, 6.45) is 0. The Kier molecular flexibility index (Phi) is 22.5. The molecule has 6 aliphatic rings. The maximum Gasteiger partial charge on any atom is 0.266 e. The van der Waals surface area contributed by atoms with E-state index in [-0.39, 0.29) is 68.8 Å². The minimum Gasteiger partial charge on any atom is -0.457 e. The van der Waals surface area contributed by atoms with Gasteiger partial charge >= 0.3 is 0 Å². The Bertz CT molecular complexity index is 7910. The Balaban J connectivity index is 0.000000128. The molecule has 0 radical (unpaired) electrons. The third-order valence-electron chi connectivity index (χ3n) is 24.2. The van der Waals surface area contributed by atoms with Gasteiger partial charge in [-0.15, -0.1) is 0 Å². The van der Waals surface area contributed by atoms with Crippen LogP contribution in [-0.2, 0) is 0 Å². The molecule has 138 heavy (non-hydrogen) atoms. The summed E-state index contributed by atoms with van der Waals surface area (Å²) in [5, 5.41) is 0. The average molecular weight is 1820 g/mol. The SMILES string of the molecule is Cc1ccc(Oc2cccc(Oc3ccc(N4C(=O)c5ccc(-c6ccc7c(c6)C(=O)N(C)C7=O)cc5C4=O)cc3)c2)cc1.Cc1cccc(Oc2ccc(-c3ccc(Oc4cccc(N5C(=O)c6ccc(-c7ccc8c(c7)C(=O)N(C)C8=O)cc6C5=O)c4)cc3)cc2)c1.Cc1cccc(Oc2cccc(Oc3cccc(N4C(=O)c5ccc(-c6ccc7c(c6)C(=O)N(C)C7=O)cc5C4=O)c3)c2)c1. The van der Waals surface area contributed by atoms with Crippen LogP contribution in [0.1, 0.15) is 141 Å². The van der Waals surface area contributed by atoms with E-state index in [0.29, 0.717) is 136 Å². The van der Waals surface area contributed by atoms with E-state index in [9.17, 15) is 57.5 Å². The summed E-state index contributed by atoms with van der Waals surface area (Å²) in [6.45, 7) is 6.03. The Morgan fingerprint density at radius 2 is 0.355 bits per heavy atom. The lowest BCUT2D eigenvalue weighted by Gasteiger charge is -2.15. The van der Waals surface area contributed by atoms with E-state index in [0.717, 1.165) is 74.5 Å². The lowest BCUT2D eigenvalue weighted by molar-refractivity contribution is 0.0678. The molecule has 16 aromatic carbocycles. The number of aryl methyl sites for hydroxylation is 3. The molecule has 0 fully saturated rings. The molecule has 670 valence electrons. The van der Waals surface area contributed by atoms with Crippen LogP contribution < -0.4 is 43.1 Å². The number of imide groups is 6. The fourth-order valence-electron chi connectivity index (χ4n) is 17.0. The highest BCUT2D eigenvalue weighted by molar-refractivity contribution is 6.37. The number of hydrogen-bond donors (Lipinski definition) is 0. The quantitative estimate of drug-likeness (QED) is 0.0680. The molecular weight excluding hydrogens is 1740 g/mol. The highest BCUT2D eigenvalue weighted by Crippen LogP contribution is 2.43. The number of carbonyl (C=O) groups is 12. The van der Waals surface area contributed by atoms with E-state index in [1.54, 1.807) is 200 Å².